The summed E-state index contributed by atoms with van der Waals surface area (Å²) in [7, 11) is 0. The molecule has 0 unspecified atom stereocenters. The minimum atomic E-state index is -4.40. The third kappa shape index (κ3) is 1.41. The van der Waals surface area contributed by atoms with E-state index >= 15 is 0 Å². The number of rotatable bonds is 0. The van der Waals surface area contributed by atoms with E-state index in [0.717, 1.165) is 6.20 Å². The molecule has 0 bridgehead atoms. The monoisotopic (exact) mass is 229 g/mol. The first-order valence-corrected chi connectivity index (χ1v) is 4.62. The zero-order valence-electron chi connectivity index (χ0n) is 8.76. The van der Waals surface area contributed by atoms with Crippen molar-refractivity contribution in [2.45, 2.75) is 20.0 Å². The second kappa shape index (κ2) is 3.13. The number of nitrogen functional groups attached to an aromatic ring is 1. The van der Waals surface area contributed by atoms with Gasteiger partial charge in [0, 0.05) is 18.1 Å². The molecule has 2 heterocycles. The summed E-state index contributed by atoms with van der Waals surface area (Å²) in [5.41, 5.74) is 6.00. The molecule has 0 amide bonds. The lowest BCUT2D eigenvalue weighted by atomic mass is 10.1. The van der Waals surface area contributed by atoms with Crippen molar-refractivity contribution in [3.63, 3.8) is 0 Å². The number of alkyl halides is 3. The van der Waals surface area contributed by atoms with Crippen LogP contribution in [0.3, 0.4) is 0 Å². The summed E-state index contributed by atoms with van der Waals surface area (Å²) in [6.45, 7) is 3.02. The van der Waals surface area contributed by atoms with Crippen LogP contribution < -0.4 is 5.73 Å². The minimum Gasteiger partial charge on any atom is -0.395 e. The average molecular weight is 229 g/mol. The summed E-state index contributed by atoms with van der Waals surface area (Å²) in [5, 5.41) is 0. The van der Waals surface area contributed by atoms with E-state index in [2.05, 4.69) is 4.98 Å². The van der Waals surface area contributed by atoms with Crippen molar-refractivity contribution in [2.24, 2.45) is 0 Å². The Bertz CT molecular complexity index is 554. The Morgan fingerprint density at radius 1 is 1.31 bits per heavy atom. The molecule has 2 N–H and O–H groups in total. The summed E-state index contributed by atoms with van der Waals surface area (Å²) >= 11 is 0. The van der Waals surface area contributed by atoms with Crippen molar-refractivity contribution in [1.82, 2.24) is 9.38 Å². The number of anilines is 1. The fourth-order valence-electron chi connectivity index (χ4n) is 1.63. The van der Waals surface area contributed by atoms with Crippen LogP contribution in [0, 0.1) is 13.8 Å². The van der Waals surface area contributed by atoms with Gasteiger partial charge in [0.05, 0.1) is 11.3 Å². The molecule has 0 aromatic carbocycles. The van der Waals surface area contributed by atoms with Gasteiger partial charge in [0.15, 0.2) is 5.65 Å². The van der Waals surface area contributed by atoms with Crippen LogP contribution in [-0.4, -0.2) is 9.38 Å². The molecule has 0 aliphatic carbocycles. The van der Waals surface area contributed by atoms with Crippen LogP contribution >= 0.6 is 0 Å². The third-order valence-corrected chi connectivity index (χ3v) is 2.59. The predicted octanol–water partition coefficient (Wildman–Crippen LogP) is 2.55. The highest BCUT2D eigenvalue weighted by atomic mass is 19.4. The van der Waals surface area contributed by atoms with E-state index in [1.54, 1.807) is 6.92 Å². The molecule has 16 heavy (non-hydrogen) atoms. The maximum Gasteiger partial charge on any atom is 0.418 e. The Kier molecular flexibility index (Phi) is 2.11. The predicted molar refractivity (Wildman–Crippen MR) is 54.1 cm³/mol. The number of nitrogens with zero attached hydrogens (tertiary/aromatic N) is 2. The molecule has 0 atom stereocenters. The Labute approximate surface area is 89.7 Å². The quantitative estimate of drug-likeness (QED) is 0.754. The van der Waals surface area contributed by atoms with E-state index in [4.69, 9.17) is 5.73 Å². The van der Waals surface area contributed by atoms with Crippen LogP contribution in [0.1, 0.15) is 16.8 Å². The first kappa shape index (κ1) is 10.8. The molecule has 0 aliphatic heterocycles. The lowest BCUT2D eigenvalue weighted by Gasteiger charge is -2.13. The number of aryl methyl sites for hydroxylation is 1. The topological polar surface area (TPSA) is 43.3 Å². The lowest BCUT2D eigenvalue weighted by Crippen LogP contribution is -2.12. The minimum absolute atomic E-state index is 0.0191. The van der Waals surface area contributed by atoms with Crippen molar-refractivity contribution in [3.8, 4) is 0 Å². The standard InChI is InChI=1S/C10H10F3N3/c1-5-3-15-9-8(14)6(2)7(4-16(5)9)10(11,12)13/h3-4H,14H2,1-2H3. The number of pyridine rings is 1. The summed E-state index contributed by atoms with van der Waals surface area (Å²) < 4.78 is 39.5. The molecule has 0 radical (unpaired) electrons. The molecular weight excluding hydrogens is 219 g/mol. The molecule has 86 valence electrons. The molecule has 3 nitrogen and oxygen atoms in total. The summed E-state index contributed by atoms with van der Waals surface area (Å²) in [5.74, 6) is 0. The van der Waals surface area contributed by atoms with Gasteiger partial charge in [-0.15, -0.1) is 0 Å². The highest BCUT2D eigenvalue weighted by Gasteiger charge is 2.34. The number of imidazole rings is 1. The van der Waals surface area contributed by atoms with E-state index in [9.17, 15) is 13.2 Å². The first-order chi connectivity index (χ1) is 7.32. The van der Waals surface area contributed by atoms with Crippen LogP contribution in [0.2, 0.25) is 0 Å². The SMILES string of the molecule is Cc1c(C(F)(F)F)cn2c(C)cnc2c1N. The number of hydrogen-bond donors (Lipinski definition) is 1. The van der Waals surface area contributed by atoms with E-state index in [1.807, 2.05) is 0 Å². The molecule has 2 aromatic heterocycles. The van der Waals surface area contributed by atoms with Crippen LogP contribution in [0.5, 0.6) is 0 Å². The number of fused-ring (bicyclic) bond motifs is 1. The number of nitrogens with two attached hydrogens (primary N) is 1. The molecule has 0 aliphatic rings. The van der Waals surface area contributed by atoms with Crippen molar-refractivity contribution < 1.29 is 13.2 Å². The zero-order valence-corrected chi connectivity index (χ0v) is 8.76. The van der Waals surface area contributed by atoms with Gasteiger partial charge in [-0.3, -0.25) is 0 Å². The van der Waals surface area contributed by atoms with Gasteiger partial charge in [0.25, 0.3) is 0 Å². The van der Waals surface area contributed by atoms with Gasteiger partial charge in [-0.25, -0.2) is 4.98 Å². The summed E-state index contributed by atoms with van der Waals surface area (Å²) in [4.78, 5) is 3.97. The number of halogens is 3. The fraction of sp³-hybridized carbons (Fsp3) is 0.300. The lowest BCUT2D eigenvalue weighted by molar-refractivity contribution is -0.138. The van der Waals surface area contributed by atoms with Crippen LogP contribution in [-0.2, 0) is 6.18 Å². The molecule has 0 fully saturated rings. The highest BCUT2D eigenvalue weighted by Crippen LogP contribution is 2.35. The van der Waals surface area contributed by atoms with Gasteiger partial charge < -0.3 is 10.1 Å². The van der Waals surface area contributed by atoms with Crippen LogP contribution in [0.25, 0.3) is 5.65 Å². The number of aromatic nitrogens is 2. The summed E-state index contributed by atoms with van der Waals surface area (Å²) in [6.07, 6.45) is -1.88. The van der Waals surface area contributed by atoms with Gasteiger partial charge in [-0.1, -0.05) is 0 Å². The molecule has 0 saturated carbocycles. The maximum atomic E-state index is 12.7. The molecule has 6 heteroatoms. The highest BCUT2D eigenvalue weighted by molar-refractivity contribution is 5.70. The second-order valence-electron chi connectivity index (χ2n) is 3.67. The van der Waals surface area contributed by atoms with Crippen LogP contribution in [0.15, 0.2) is 12.4 Å². The average Bonchev–Trinajstić information content (AvgIpc) is 2.52. The Morgan fingerprint density at radius 2 is 1.94 bits per heavy atom. The molecule has 0 saturated heterocycles. The second-order valence-corrected chi connectivity index (χ2v) is 3.67. The summed E-state index contributed by atoms with van der Waals surface area (Å²) in [6, 6.07) is 0. The zero-order chi connectivity index (χ0) is 12.1. The van der Waals surface area contributed by atoms with Crippen molar-refractivity contribution in [2.75, 3.05) is 5.73 Å². The van der Waals surface area contributed by atoms with Gasteiger partial charge in [0.2, 0.25) is 0 Å². The number of hydrogen-bond acceptors (Lipinski definition) is 2. The van der Waals surface area contributed by atoms with E-state index in [-0.39, 0.29) is 11.3 Å². The first-order valence-electron chi connectivity index (χ1n) is 4.62. The Morgan fingerprint density at radius 3 is 2.50 bits per heavy atom. The Balaban J connectivity index is 2.87. The van der Waals surface area contributed by atoms with E-state index < -0.39 is 11.7 Å². The van der Waals surface area contributed by atoms with Crippen molar-refractivity contribution >= 4 is 11.3 Å². The fourth-order valence-corrected chi connectivity index (χ4v) is 1.63. The van der Waals surface area contributed by atoms with Gasteiger partial charge in [-0.2, -0.15) is 13.2 Å². The van der Waals surface area contributed by atoms with Gasteiger partial charge in [-0.05, 0) is 19.4 Å². The third-order valence-electron chi connectivity index (χ3n) is 2.59. The van der Waals surface area contributed by atoms with E-state index in [1.165, 1.54) is 17.5 Å². The van der Waals surface area contributed by atoms with Crippen molar-refractivity contribution in [3.05, 3.63) is 29.2 Å². The molecule has 0 spiro atoms. The molecule has 2 rings (SSSR count). The van der Waals surface area contributed by atoms with E-state index in [0.29, 0.717) is 11.3 Å². The van der Waals surface area contributed by atoms with Crippen molar-refractivity contribution in [1.29, 1.82) is 0 Å². The van der Waals surface area contributed by atoms with Gasteiger partial charge >= 0.3 is 6.18 Å². The molecular formula is C10H10F3N3. The van der Waals surface area contributed by atoms with Crippen LogP contribution in [0.4, 0.5) is 18.9 Å². The maximum absolute atomic E-state index is 12.7. The Hall–Kier alpha value is -1.72. The smallest absolute Gasteiger partial charge is 0.395 e. The largest absolute Gasteiger partial charge is 0.418 e. The molecule has 2 aromatic rings. The van der Waals surface area contributed by atoms with Gasteiger partial charge in [0.1, 0.15) is 0 Å². The normalized spacial score (nSPS) is 12.3.